The Morgan fingerprint density at radius 3 is 2.58 bits per heavy atom. The van der Waals surface area contributed by atoms with Gasteiger partial charge in [0.2, 0.25) is 0 Å². The van der Waals surface area contributed by atoms with Crippen molar-refractivity contribution in [3.8, 4) is 0 Å². The Morgan fingerprint density at radius 1 is 1.32 bits per heavy atom. The van der Waals surface area contributed by atoms with Gasteiger partial charge in [-0.3, -0.25) is 0 Å². The third kappa shape index (κ3) is 6.26. The highest BCUT2D eigenvalue weighted by molar-refractivity contribution is 9.10. The summed E-state index contributed by atoms with van der Waals surface area (Å²) in [5.74, 6) is 0.712. The van der Waals surface area contributed by atoms with E-state index in [2.05, 4.69) is 60.2 Å². The van der Waals surface area contributed by atoms with Gasteiger partial charge in [-0.15, -0.1) is 0 Å². The first-order valence-electron chi connectivity index (χ1n) is 6.71. The monoisotopic (exact) mass is 346 g/mol. The average molecular weight is 348 g/mol. The van der Waals surface area contributed by atoms with Gasteiger partial charge in [0, 0.05) is 28.6 Å². The molecule has 0 aromatic heterocycles. The summed E-state index contributed by atoms with van der Waals surface area (Å²) >= 11 is 9.67. The Bertz CT molecular complexity index is 394. The Kier molecular flexibility index (Phi) is 7.37. The third-order valence-electron chi connectivity index (χ3n) is 3.18. The molecule has 1 N–H and O–H groups in total. The molecule has 0 bridgehead atoms. The van der Waals surface area contributed by atoms with Crippen LogP contribution in [0.5, 0.6) is 0 Å². The number of likely N-dealkylation sites (N-methyl/N-ethyl adjacent to an activating group) is 1. The molecule has 0 heterocycles. The highest BCUT2D eigenvalue weighted by Gasteiger charge is 2.13. The summed E-state index contributed by atoms with van der Waals surface area (Å²) < 4.78 is 1.07. The molecule has 0 aliphatic rings. The Morgan fingerprint density at radius 2 is 2.00 bits per heavy atom. The molecule has 1 atom stereocenters. The van der Waals surface area contributed by atoms with E-state index in [-0.39, 0.29) is 0 Å². The lowest BCUT2D eigenvalue weighted by atomic mass is 10.0. The van der Waals surface area contributed by atoms with Crippen molar-refractivity contribution in [1.82, 2.24) is 10.2 Å². The van der Waals surface area contributed by atoms with Gasteiger partial charge >= 0.3 is 0 Å². The minimum Gasteiger partial charge on any atom is -0.311 e. The molecule has 1 rings (SSSR count). The highest BCUT2D eigenvalue weighted by Crippen LogP contribution is 2.20. The number of halogens is 2. The molecule has 0 saturated carbocycles. The number of rotatable bonds is 7. The Labute approximate surface area is 130 Å². The van der Waals surface area contributed by atoms with E-state index in [0.29, 0.717) is 12.0 Å². The first kappa shape index (κ1) is 17.0. The van der Waals surface area contributed by atoms with Crippen LogP contribution in [-0.2, 0) is 6.54 Å². The van der Waals surface area contributed by atoms with Gasteiger partial charge in [-0.25, -0.2) is 0 Å². The largest absolute Gasteiger partial charge is 0.311 e. The number of benzene rings is 1. The lowest BCUT2D eigenvalue weighted by Crippen LogP contribution is -2.38. The lowest BCUT2D eigenvalue weighted by molar-refractivity contribution is 0.246. The van der Waals surface area contributed by atoms with Gasteiger partial charge in [0.25, 0.3) is 0 Å². The summed E-state index contributed by atoms with van der Waals surface area (Å²) in [7, 11) is 4.28. The van der Waals surface area contributed by atoms with Crippen LogP contribution in [-0.4, -0.2) is 31.6 Å². The summed E-state index contributed by atoms with van der Waals surface area (Å²) in [6.45, 7) is 6.32. The number of hydrogen-bond acceptors (Lipinski definition) is 2. The van der Waals surface area contributed by atoms with Gasteiger partial charge in [0.1, 0.15) is 0 Å². The van der Waals surface area contributed by atoms with Crippen molar-refractivity contribution in [2.75, 3.05) is 20.6 Å². The standard InChI is InChI=1S/C15H24BrClN2/c1-11(2)7-14(19(3)4)10-18-9-12-8-13(16)5-6-15(12)17/h5-6,8,11,14,18H,7,9-10H2,1-4H3. The molecule has 1 aromatic rings. The zero-order valence-corrected chi connectivity index (χ0v) is 14.6. The van der Waals surface area contributed by atoms with Crippen LogP contribution in [0.1, 0.15) is 25.8 Å². The third-order valence-corrected chi connectivity index (χ3v) is 4.04. The van der Waals surface area contributed by atoms with Gasteiger partial charge in [0.15, 0.2) is 0 Å². The zero-order valence-electron chi connectivity index (χ0n) is 12.2. The van der Waals surface area contributed by atoms with Crippen LogP contribution in [0.25, 0.3) is 0 Å². The second kappa shape index (κ2) is 8.25. The molecule has 1 unspecified atom stereocenters. The molecule has 19 heavy (non-hydrogen) atoms. The molecule has 2 nitrogen and oxygen atoms in total. The van der Waals surface area contributed by atoms with E-state index in [1.807, 2.05) is 12.1 Å². The normalized spacial score (nSPS) is 13.3. The summed E-state index contributed by atoms with van der Waals surface area (Å²) in [5.41, 5.74) is 1.14. The van der Waals surface area contributed by atoms with Gasteiger partial charge in [-0.05, 0) is 50.2 Å². The zero-order chi connectivity index (χ0) is 14.4. The van der Waals surface area contributed by atoms with Crippen molar-refractivity contribution >= 4 is 27.5 Å². The molecule has 0 saturated heterocycles. The topological polar surface area (TPSA) is 15.3 Å². The van der Waals surface area contributed by atoms with E-state index in [1.165, 1.54) is 6.42 Å². The summed E-state index contributed by atoms with van der Waals surface area (Å²) in [6.07, 6.45) is 1.20. The molecule has 0 aliphatic carbocycles. The van der Waals surface area contributed by atoms with E-state index >= 15 is 0 Å². The predicted octanol–water partition coefficient (Wildman–Crippen LogP) is 4.17. The van der Waals surface area contributed by atoms with E-state index in [9.17, 15) is 0 Å². The van der Waals surface area contributed by atoms with E-state index in [0.717, 1.165) is 28.1 Å². The van der Waals surface area contributed by atoms with Crippen molar-refractivity contribution in [3.05, 3.63) is 33.3 Å². The molecule has 1 aromatic carbocycles. The maximum Gasteiger partial charge on any atom is 0.0451 e. The first-order valence-corrected chi connectivity index (χ1v) is 7.88. The fourth-order valence-corrected chi connectivity index (χ4v) is 2.67. The van der Waals surface area contributed by atoms with Crippen LogP contribution in [0.4, 0.5) is 0 Å². The number of nitrogens with zero attached hydrogens (tertiary/aromatic N) is 1. The molecule has 0 radical (unpaired) electrons. The molecule has 108 valence electrons. The van der Waals surface area contributed by atoms with Crippen molar-refractivity contribution in [2.45, 2.75) is 32.9 Å². The van der Waals surface area contributed by atoms with E-state index in [4.69, 9.17) is 11.6 Å². The molecule has 0 amide bonds. The van der Waals surface area contributed by atoms with Crippen LogP contribution in [0, 0.1) is 5.92 Å². The summed E-state index contributed by atoms with van der Waals surface area (Å²) in [6, 6.07) is 6.53. The smallest absolute Gasteiger partial charge is 0.0451 e. The van der Waals surface area contributed by atoms with Gasteiger partial charge in [0.05, 0.1) is 0 Å². The van der Waals surface area contributed by atoms with Crippen molar-refractivity contribution in [3.63, 3.8) is 0 Å². The molecule has 4 heteroatoms. The van der Waals surface area contributed by atoms with Crippen LogP contribution < -0.4 is 5.32 Å². The van der Waals surface area contributed by atoms with Crippen molar-refractivity contribution in [1.29, 1.82) is 0 Å². The van der Waals surface area contributed by atoms with Crippen LogP contribution >= 0.6 is 27.5 Å². The Balaban J connectivity index is 2.49. The van der Waals surface area contributed by atoms with E-state index in [1.54, 1.807) is 0 Å². The second-order valence-electron chi connectivity index (χ2n) is 5.61. The maximum absolute atomic E-state index is 6.19. The van der Waals surface area contributed by atoms with Gasteiger partial charge < -0.3 is 10.2 Å². The molecular formula is C15H24BrClN2. The van der Waals surface area contributed by atoms with Gasteiger partial charge in [-0.2, -0.15) is 0 Å². The molecular weight excluding hydrogens is 324 g/mol. The number of hydrogen-bond donors (Lipinski definition) is 1. The van der Waals surface area contributed by atoms with Crippen LogP contribution in [0.3, 0.4) is 0 Å². The minimum absolute atomic E-state index is 0.561. The van der Waals surface area contributed by atoms with Crippen LogP contribution in [0.2, 0.25) is 5.02 Å². The van der Waals surface area contributed by atoms with Crippen LogP contribution in [0.15, 0.2) is 22.7 Å². The maximum atomic E-state index is 6.19. The van der Waals surface area contributed by atoms with Gasteiger partial charge in [-0.1, -0.05) is 41.4 Å². The average Bonchev–Trinajstić information content (AvgIpc) is 2.31. The molecule has 0 spiro atoms. The first-order chi connectivity index (χ1) is 8.90. The fourth-order valence-electron chi connectivity index (χ4n) is 2.07. The van der Waals surface area contributed by atoms with Crippen molar-refractivity contribution in [2.24, 2.45) is 5.92 Å². The van der Waals surface area contributed by atoms with Crippen molar-refractivity contribution < 1.29 is 0 Å². The number of nitrogens with one attached hydrogen (secondary N) is 1. The SMILES string of the molecule is CC(C)CC(CNCc1cc(Br)ccc1Cl)N(C)C. The Hall–Kier alpha value is -0.0900. The minimum atomic E-state index is 0.561. The quantitative estimate of drug-likeness (QED) is 0.796. The molecule has 0 aliphatic heterocycles. The predicted molar refractivity (Wildman–Crippen MR) is 87.8 cm³/mol. The lowest BCUT2D eigenvalue weighted by Gasteiger charge is -2.26. The second-order valence-corrected chi connectivity index (χ2v) is 6.94. The summed E-state index contributed by atoms with van der Waals surface area (Å²) in [5, 5.41) is 4.33. The van der Waals surface area contributed by atoms with E-state index < -0.39 is 0 Å². The fraction of sp³-hybridized carbons (Fsp3) is 0.600. The highest BCUT2D eigenvalue weighted by atomic mass is 79.9. The molecule has 0 fully saturated rings. The summed E-state index contributed by atoms with van der Waals surface area (Å²) in [4.78, 5) is 2.29.